The molecule has 1 N–H and O–H groups in total. The van der Waals surface area contributed by atoms with Crippen molar-refractivity contribution in [3.8, 4) is 0 Å². The van der Waals surface area contributed by atoms with Crippen LogP contribution in [0.5, 0.6) is 0 Å². The minimum absolute atomic E-state index is 0.300. The monoisotopic (exact) mass is 304 g/mol. The van der Waals surface area contributed by atoms with Gasteiger partial charge in [0.15, 0.2) is 0 Å². The molecule has 0 aromatic heterocycles. The maximum absolute atomic E-state index is 12.6. The SMILES string of the molecule is CCN(CC)S(=O)(=O)c1cc(Cl)cc(CNC)c1C. The Labute approximate surface area is 120 Å². The van der Waals surface area contributed by atoms with Gasteiger partial charge in [-0.05, 0) is 37.2 Å². The van der Waals surface area contributed by atoms with Crippen LogP contribution in [0.15, 0.2) is 17.0 Å². The molecule has 0 heterocycles. The molecule has 4 nitrogen and oxygen atoms in total. The van der Waals surface area contributed by atoms with Gasteiger partial charge in [-0.2, -0.15) is 4.31 Å². The van der Waals surface area contributed by atoms with Crippen LogP contribution >= 0.6 is 11.6 Å². The van der Waals surface area contributed by atoms with Crippen molar-refractivity contribution in [2.45, 2.75) is 32.2 Å². The molecule has 1 aromatic rings. The Kier molecular flexibility index (Phi) is 5.80. The number of hydrogen-bond acceptors (Lipinski definition) is 3. The zero-order valence-electron chi connectivity index (χ0n) is 11.8. The quantitative estimate of drug-likeness (QED) is 0.878. The van der Waals surface area contributed by atoms with E-state index >= 15 is 0 Å². The molecule has 0 saturated carbocycles. The summed E-state index contributed by atoms with van der Waals surface area (Å²) in [6.07, 6.45) is 0. The molecule has 0 bridgehead atoms. The van der Waals surface area contributed by atoms with E-state index in [2.05, 4.69) is 5.32 Å². The van der Waals surface area contributed by atoms with Gasteiger partial charge in [0, 0.05) is 24.7 Å². The summed E-state index contributed by atoms with van der Waals surface area (Å²) in [6.45, 7) is 6.97. The Morgan fingerprint density at radius 3 is 2.32 bits per heavy atom. The van der Waals surface area contributed by atoms with Crippen molar-refractivity contribution in [1.29, 1.82) is 0 Å². The van der Waals surface area contributed by atoms with Crippen LogP contribution in [-0.2, 0) is 16.6 Å². The summed E-state index contributed by atoms with van der Waals surface area (Å²) in [5.41, 5.74) is 1.66. The Hall–Kier alpha value is -0.620. The second kappa shape index (κ2) is 6.70. The molecule has 0 spiro atoms. The van der Waals surface area contributed by atoms with E-state index in [4.69, 9.17) is 11.6 Å². The molecule has 0 unspecified atom stereocenters. The third-order valence-electron chi connectivity index (χ3n) is 3.12. The van der Waals surface area contributed by atoms with Gasteiger partial charge in [-0.15, -0.1) is 0 Å². The van der Waals surface area contributed by atoms with E-state index in [9.17, 15) is 8.42 Å². The molecule has 0 saturated heterocycles. The van der Waals surface area contributed by atoms with Crippen molar-refractivity contribution in [3.05, 3.63) is 28.3 Å². The average molecular weight is 305 g/mol. The number of nitrogens with one attached hydrogen (secondary N) is 1. The van der Waals surface area contributed by atoms with E-state index in [0.717, 1.165) is 11.1 Å². The van der Waals surface area contributed by atoms with Crippen molar-refractivity contribution < 1.29 is 8.42 Å². The number of rotatable bonds is 6. The van der Waals surface area contributed by atoms with Crippen LogP contribution in [0.3, 0.4) is 0 Å². The predicted octanol–water partition coefficient (Wildman–Crippen LogP) is 2.40. The summed E-state index contributed by atoms with van der Waals surface area (Å²) < 4.78 is 26.6. The minimum atomic E-state index is -3.47. The van der Waals surface area contributed by atoms with Crippen LogP contribution in [0.1, 0.15) is 25.0 Å². The lowest BCUT2D eigenvalue weighted by Gasteiger charge is -2.21. The number of hydrogen-bond donors (Lipinski definition) is 1. The molecule has 19 heavy (non-hydrogen) atoms. The van der Waals surface area contributed by atoms with Crippen molar-refractivity contribution in [3.63, 3.8) is 0 Å². The number of nitrogens with zero attached hydrogens (tertiary/aromatic N) is 1. The van der Waals surface area contributed by atoms with Gasteiger partial charge < -0.3 is 5.32 Å². The normalized spacial score (nSPS) is 12.1. The maximum atomic E-state index is 12.6. The topological polar surface area (TPSA) is 49.4 Å². The van der Waals surface area contributed by atoms with Gasteiger partial charge in [0.25, 0.3) is 0 Å². The van der Waals surface area contributed by atoms with Crippen molar-refractivity contribution in [2.75, 3.05) is 20.1 Å². The molecular weight excluding hydrogens is 284 g/mol. The predicted molar refractivity (Wildman–Crippen MR) is 79.1 cm³/mol. The lowest BCUT2D eigenvalue weighted by molar-refractivity contribution is 0.444. The molecule has 1 rings (SSSR count). The highest BCUT2D eigenvalue weighted by molar-refractivity contribution is 7.89. The summed E-state index contributed by atoms with van der Waals surface area (Å²) in [4.78, 5) is 0.300. The van der Waals surface area contributed by atoms with Gasteiger partial charge in [0.05, 0.1) is 4.90 Å². The number of halogens is 1. The fourth-order valence-electron chi connectivity index (χ4n) is 2.05. The first kappa shape index (κ1) is 16.4. The minimum Gasteiger partial charge on any atom is -0.316 e. The highest BCUT2D eigenvalue weighted by Gasteiger charge is 2.25. The first-order valence-corrected chi connectivity index (χ1v) is 8.14. The van der Waals surface area contributed by atoms with E-state index < -0.39 is 10.0 Å². The van der Waals surface area contributed by atoms with E-state index in [1.807, 2.05) is 27.8 Å². The Bertz CT molecular complexity index is 540. The van der Waals surface area contributed by atoms with Crippen LogP contribution in [0.25, 0.3) is 0 Å². The molecule has 108 valence electrons. The van der Waals surface area contributed by atoms with Gasteiger partial charge in [-0.25, -0.2) is 8.42 Å². The molecule has 0 amide bonds. The molecule has 0 fully saturated rings. The highest BCUT2D eigenvalue weighted by atomic mass is 35.5. The van der Waals surface area contributed by atoms with Gasteiger partial charge in [0.1, 0.15) is 0 Å². The standard InChI is InChI=1S/C13H21ClN2O2S/c1-5-16(6-2)19(17,18)13-8-12(14)7-11(9-15-4)10(13)3/h7-8,15H,5-6,9H2,1-4H3. The van der Waals surface area contributed by atoms with E-state index in [1.165, 1.54) is 10.4 Å². The van der Waals surface area contributed by atoms with Crippen molar-refractivity contribution >= 4 is 21.6 Å². The van der Waals surface area contributed by atoms with Crippen molar-refractivity contribution in [1.82, 2.24) is 9.62 Å². The summed E-state index contributed by atoms with van der Waals surface area (Å²) >= 11 is 6.04. The Morgan fingerprint density at radius 2 is 1.84 bits per heavy atom. The summed E-state index contributed by atoms with van der Waals surface area (Å²) in [5, 5.41) is 3.47. The zero-order chi connectivity index (χ0) is 14.6. The third kappa shape index (κ3) is 3.48. The largest absolute Gasteiger partial charge is 0.316 e. The average Bonchev–Trinajstić information content (AvgIpc) is 2.34. The second-order valence-corrected chi connectivity index (χ2v) is 6.65. The van der Waals surface area contributed by atoms with Crippen LogP contribution in [0, 0.1) is 6.92 Å². The summed E-state index contributed by atoms with van der Waals surface area (Å²) in [6, 6.07) is 3.33. The zero-order valence-corrected chi connectivity index (χ0v) is 13.4. The Balaban J connectivity index is 3.42. The lowest BCUT2D eigenvalue weighted by atomic mass is 10.1. The third-order valence-corrected chi connectivity index (χ3v) is 5.52. The molecule has 1 aromatic carbocycles. The number of benzene rings is 1. The maximum Gasteiger partial charge on any atom is 0.243 e. The molecule has 0 atom stereocenters. The molecular formula is C13H21ClN2O2S. The summed E-state index contributed by atoms with van der Waals surface area (Å²) in [7, 11) is -1.66. The van der Waals surface area contributed by atoms with Crippen LogP contribution in [0.2, 0.25) is 5.02 Å². The van der Waals surface area contributed by atoms with Gasteiger partial charge in [-0.1, -0.05) is 25.4 Å². The highest BCUT2D eigenvalue weighted by Crippen LogP contribution is 2.26. The van der Waals surface area contributed by atoms with E-state index in [-0.39, 0.29) is 0 Å². The van der Waals surface area contributed by atoms with Gasteiger partial charge in [-0.3, -0.25) is 0 Å². The smallest absolute Gasteiger partial charge is 0.243 e. The van der Waals surface area contributed by atoms with Gasteiger partial charge >= 0.3 is 0 Å². The number of sulfonamides is 1. The first-order chi connectivity index (χ1) is 8.88. The van der Waals surface area contributed by atoms with Crippen LogP contribution < -0.4 is 5.32 Å². The summed E-state index contributed by atoms with van der Waals surface area (Å²) in [5.74, 6) is 0. The molecule has 0 aliphatic heterocycles. The van der Waals surface area contributed by atoms with Gasteiger partial charge in [0.2, 0.25) is 10.0 Å². The fraction of sp³-hybridized carbons (Fsp3) is 0.538. The molecule has 0 aliphatic rings. The second-order valence-electron chi connectivity index (χ2n) is 4.31. The first-order valence-electron chi connectivity index (χ1n) is 6.32. The van der Waals surface area contributed by atoms with Crippen molar-refractivity contribution in [2.24, 2.45) is 0 Å². The lowest BCUT2D eigenvalue weighted by Crippen LogP contribution is -2.31. The molecule has 0 radical (unpaired) electrons. The van der Waals surface area contributed by atoms with E-state index in [1.54, 1.807) is 6.07 Å². The molecule has 0 aliphatic carbocycles. The Morgan fingerprint density at radius 1 is 1.26 bits per heavy atom. The van der Waals surface area contributed by atoms with Crippen LogP contribution in [0.4, 0.5) is 0 Å². The van der Waals surface area contributed by atoms with E-state index in [0.29, 0.717) is 29.6 Å². The fourth-order valence-corrected chi connectivity index (χ4v) is 4.11. The molecule has 6 heteroatoms. The van der Waals surface area contributed by atoms with Crippen LogP contribution in [-0.4, -0.2) is 32.9 Å².